The molecular formula is C12H10ClN3O3. The molecule has 2 rings (SSSR count). The predicted molar refractivity (Wildman–Crippen MR) is 71.7 cm³/mol. The highest BCUT2D eigenvalue weighted by atomic mass is 35.5. The van der Waals surface area contributed by atoms with Crippen LogP contribution in [0.3, 0.4) is 0 Å². The first-order valence-corrected chi connectivity index (χ1v) is 5.72. The molecule has 1 aromatic carbocycles. The lowest BCUT2D eigenvalue weighted by Crippen LogP contribution is -2.37. The van der Waals surface area contributed by atoms with E-state index in [4.69, 9.17) is 11.6 Å². The number of rotatable bonds is 2. The van der Waals surface area contributed by atoms with E-state index >= 15 is 0 Å². The van der Waals surface area contributed by atoms with Crippen LogP contribution < -0.4 is 16.6 Å². The molecule has 0 atom stereocenters. The first kappa shape index (κ1) is 13.1. The van der Waals surface area contributed by atoms with Gasteiger partial charge in [0.25, 0.3) is 11.5 Å². The monoisotopic (exact) mass is 279 g/mol. The Bertz CT molecular complexity index is 731. The van der Waals surface area contributed by atoms with Crippen molar-refractivity contribution in [2.45, 2.75) is 0 Å². The van der Waals surface area contributed by atoms with E-state index in [1.807, 2.05) is 0 Å². The summed E-state index contributed by atoms with van der Waals surface area (Å²) in [6.07, 6.45) is 1.09. The highest BCUT2D eigenvalue weighted by Gasteiger charge is 2.13. The summed E-state index contributed by atoms with van der Waals surface area (Å²) in [4.78, 5) is 37.1. The summed E-state index contributed by atoms with van der Waals surface area (Å²) in [5, 5.41) is 3.08. The number of nitrogens with zero attached hydrogens (tertiary/aromatic N) is 1. The number of benzene rings is 1. The van der Waals surface area contributed by atoms with Crippen molar-refractivity contribution in [3.63, 3.8) is 0 Å². The van der Waals surface area contributed by atoms with Gasteiger partial charge < -0.3 is 10.3 Å². The Morgan fingerprint density at radius 3 is 2.53 bits per heavy atom. The summed E-state index contributed by atoms with van der Waals surface area (Å²) in [5.41, 5.74) is -0.872. The molecule has 1 aromatic heterocycles. The molecule has 0 aliphatic carbocycles. The number of carbonyl (C=O) groups excluding carboxylic acids is 1. The van der Waals surface area contributed by atoms with Gasteiger partial charge in [-0.05, 0) is 24.3 Å². The van der Waals surface area contributed by atoms with Gasteiger partial charge in [0.2, 0.25) is 0 Å². The molecule has 0 bridgehead atoms. The summed E-state index contributed by atoms with van der Waals surface area (Å²) in [6.45, 7) is 0. The molecule has 6 nitrogen and oxygen atoms in total. The van der Waals surface area contributed by atoms with Gasteiger partial charge in [0.1, 0.15) is 5.56 Å². The topological polar surface area (TPSA) is 84.0 Å². The van der Waals surface area contributed by atoms with Crippen LogP contribution in [0.4, 0.5) is 5.69 Å². The van der Waals surface area contributed by atoms with E-state index < -0.39 is 17.2 Å². The zero-order chi connectivity index (χ0) is 14.0. The number of hydrogen-bond acceptors (Lipinski definition) is 3. The fraction of sp³-hybridized carbons (Fsp3) is 0.0833. The van der Waals surface area contributed by atoms with Crippen molar-refractivity contribution >= 4 is 23.2 Å². The number of aromatic nitrogens is 2. The molecule has 1 heterocycles. The molecule has 98 valence electrons. The predicted octanol–water partition coefficient (Wildman–Crippen LogP) is 0.979. The number of nitrogens with one attached hydrogen (secondary N) is 2. The Morgan fingerprint density at radius 2 is 1.89 bits per heavy atom. The van der Waals surface area contributed by atoms with Crippen LogP contribution in [0.15, 0.2) is 40.1 Å². The molecular weight excluding hydrogens is 270 g/mol. The smallest absolute Gasteiger partial charge is 0.322 e. The minimum Gasteiger partial charge on any atom is -0.322 e. The molecule has 7 heteroatoms. The molecule has 0 fully saturated rings. The van der Waals surface area contributed by atoms with Gasteiger partial charge in [-0.1, -0.05) is 11.6 Å². The summed E-state index contributed by atoms with van der Waals surface area (Å²) >= 11 is 5.72. The summed E-state index contributed by atoms with van der Waals surface area (Å²) in [5.74, 6) is -0.598. The number of halogens is 1. The van der Waals surface area contributed by atoms with Crippen molar-refractivity contribution in [3.8, 4) is 0 Å². The zero-order valence-electron chi connectivity index (χ0n) is 9.94. The minimum atomic E-state index is -0.657. The second-order valence-electron chi connectivity index (χ2n) is 3.83. The van der Waals surface area contributed by atoms with Crippen molar-refractivity contribution < 1.29 is 4.79 Å². The molecule has 0 aliphatic rings. The standard InChI is InChI=1S/C12H10ClN3O3/c1-16-11(18)9(6-14-12(16)19)10(17)15-8-4-2-7(13)3-5-8/h2-6H,1H3,(H,14,19)(H,15,17). The Balaban J connectivity index is 2.31. The molecule has 0 spiro atoms. The van der Waals surface area contributed by atoms with Gasteiger partial charge in [-0.15, -0.1) is 0 Å². The number of H-pyrrole nitrogens is 1. The second kappa shape index (κ2) is 5.11. The summed E-state index contributed by atoms with van der Waals surface area (Å²) in [7, 11) is 1.29. The Hall–Kier alpha value is -2.34. The molecule has 0 saturated carbocycles. The van der Waals surface area contributed by atoms with E-state index in [1.54, 1.807) is 24.3 Å². The lowest BCUT2D eigenvalue weighted by molar-refractivity contribution is 0.102. The van der Waals surface area contributed by atoms with E-state index in [2.05, 4.69) is 10.3 Å². The van der Waals surface area contributed by atoms with E-state index in [0.717, 1.165) is 10.8 Å². The van der Waals surface area contributed by atoms with Gasteiger partial charge in [0, 0.05) is 24.0 Å². The molecule has 0 saturated heterocycles. The van der Waals surface area contributed by atoms with Crippen molar-refractivity contribution in [1.82, 2.24) is 9.55 Å². The number of aromatic amines is 1. The third-order valence-corrected chi connectivity index (χ3v) is 2.78. The van der Waals surface area contributed by atoms with Gasteiger partial charge >= 0.3 is 5.69 Å². The largest absolute Gasteiger partial charge is 0.328 e. The average molecular weight is 280 g/mol. The number of amides is 1. The molecule has 0 unspecified atom stereocenters. The average Bonchev–Trinajstić information content (AvgIpc) is 2.39. The zero-order valence-corrected chi connectivity index (χ0v) is 10.7. The summed E-state index contributed by atoms with van der Waals surface area (Å²) in [6, 6.07) is 6.44. The maximum absolute atomic E-state index is 11.9. The van der Waals surface area contributed by atoms with Gasteiger partial charge in [-0.2, -0.15) is 0 Å². The maximum atomic E-state index is 11.9. The van der Waals surface area contributed by atoms with Crippen LogP contribution in [-0.4, -0.2) is 15.5 Å². The van der Waals surface area contributed by atoms with Crippen molar-refractivity contribution in [2.75, 3.05) is 5.32 Å². The van der Waals surface area contributed by atoms with Crippen molar-refractivity contribution in [2.24, 2.45) is 7.05 Å². The quantitative estimate of drug-likeness (QED) is 0.859. The Morgan fingerprint density at radius 1 is 1.26 bits per heavy atom. The van der Waals surface area contributed by atoms with Crippen LogP contribution >= 0.6 is 11.6 Å². The van der Waals surface area contributed by atoms with Gasteiger partial charge in [-0.25, -0.2) is 4.79 Å². The van der Waals surface area contributed by atoms with Crippen molar-refractivity contribution in [3.05, 3.63) is 61.9 Å². The maximum Gasteiger partial charge on any atom is 0.328 e. The van der Waals surface area contributed by atoms with Crippen LogP contribution in [0.5, 0.6) is 0 Å². The summed E-state index contributed by atoms with van der Waals surface area (Å²) < 4.78 is 0.830. The van der Waals surface area contributed by atoms with E-state index in [-0.39, 0.29) is 5.56 Å². The van der Waals surface area contributed by atoms with Crippen LogP contribution in [0.2, 0.25) is 5.02 Å². The molecule has 2 aromatic rings. The number of hydrogen-bond donors (Lipinski definition) is 2. The van der Waals surface area contributed by atoms with Gasteiger partial charge in [-0.3, -0.25) is 14.2 Å². The van der Waals surface area contributed by atoms with E-state index in [0.29, 0.717) is 10.7 Å². The van der Waals surface area contributed by atoms with Gasteiger partial charge in [0.15, 0.2) is 0 Å². The van der Waals surface area contributed by atoms with Crippen LogP contribution in [0.1, 0.15) is 10.4 Å². The van der Waals surface area contributed by atoms with E-state index in [9.17, 15) is 14.4 Å². The van der Waals surface area contributed by atoms with E-state index in [1.165, 1.54) is 7.05 Å². The molecule has 0 radical (unpaired) electrons. The second-order valence-corrected chi connectivity index (χ2v) is 4.27. The lowest BCUT2D eigenvalue weighted by Gasteiger charge is -2.05. The first-order chi connectivity index (χ1) is 8.99. The Kier molecular flexibility index (Phi) is 3.52. The van der Waals surface area contributed by atoms with Crippen LogP contribution in [0, 0.1) is 0 Å². The SMILES string of the molecule is Cn1c(=O)[nH]cc(C(=O)Nc2ccc(Cl)cc2)c1=O. The van der Waals surface area contributed by atoms with Crippen LogP contribution in [-0.2, 0) is 7.05 Å². The highest BCUT2D eigenvalue weighted by Crippen LogP contribution is 2.13. The van der Waals surface area contributed by atoms with Crippen molar-refractivity contribution in [1.29, 1.82) is 0 Å². The number of carbonyl (C=O) groups is 1. The molecule has 1 amide bonds. The third-order valence-electron chi connectivity index (χ3n) is 2.53. The molecule has 0 aliphatic heterocycles. The number of anilines is 1. The first-order valence-electron chi connectivity index (χ1n) is 5.34. The molecule has 19 heavy (non-hydrogen) atoms. The fourth-order valence-electron chi connectivity index (χ4n) is 1.46. The Labute approximate surface area is 112 Å². The molecule has 2 N–H and O–H groups in total. The normalized spacial score (nSPS) is 10.2. The third kappa shape index (κ3) is 2.74. The van der Waals surface area contributed by atoms with Gasteiger partial charge in [0.05, 0.1) is 0 Å². The lowest BCUT2D eigenvalue weighted by atomic mass is 10.2. The minimum absolute atomic E-state index is 0.142. The van der Waals surface area contributed by atoms with Crippen LogP contribution in [0.25, 0.3) is 0 Å². The highest BCUT2D eigenvalue weighted by molar-refractivity contribution is 6.30. The fourth-order valence-corrected chi connectivity index (χ4v) is 1.59.